The number of rotatable bonds is 9. The fourth-order valence-electron chi connectivity index (χ4n) is 3.37. The highest BCUT2D eigenvalue weighted by molar-refractivity contribution is 7.99. The van der Waals surface area contributed by atoms with Gasteiger partial charge in [0.25, 0.3) is 0 Å². The smallest absolute Gasteiger partial charge is 0.234 e. The van der Waals surface area contributed by atoms with Gasteiger partial charge < -0.3 is 14.8 Å². The van der Waals surface area contributed by atoms with Crippen molar-refractivity contribution in [2.24, 2.45) is 0 Å². The second-order valence-corrected chi connectivity index (χ2v) is 8.38. The third kappa shape index (κ3) is 5.80. The van der Waals surface area contributed by atoms with Gasteiger partial charge >= 0.3 is 0 Å². The summed E-state index contributed by atoms with van der Waals surface area (Å²) >= 11 is 1.25. The third-order valence-corrected chi connectivity index (χ3v) is 5.99. The lowest BCUT2D eigenvalue weighted by Gasteiger charge is -2.17. The summed E-state index contributed by atoms with van der Waals surface area (Å²) in [7, 11) is 1.61. The molecule has 4 rings (SSSR count). The number of ether oxygens (including phenoxy) is 2. The molecule has 1 atom stereocenters. The quantitative estimate of drug-likeness (QED) is 0.332. The molecule has 0 radical (unpaired) electrons. The molecule has 1 unspecified atom stereocenters. The topological polar surface area (TPSA) is 102 Å². The number of hydrogen-bond donors (Lipinski definition) is 1. The number of amides is 1. The first-order chi connectivity index (χ1) is 17.1. The van der Waals surface area contributed by atoms with Gasteiger partial charge in [0.1, 0.15) is 17.6 Å². The molecule has 0 saturated heterocycles. The number of carbonyl (C=O) groups is 1. The van der Waals surface area contributed by atoms with Crippen LogP contribution in [0, 0.1) is 11.3 Å². The first-order valence-electron chi connectivity index (χ1n) is 10.8. The molecule has 3 aromatic carbocycles. The molecule has 0 saturated carbocycles. The van der Waals surface area contributed by atoms with E-state index in [1.807, 2.05) is 66.1 Å². The fourth-order valence-corrected chi connectivity index (χ4v) is 4.13. The zero-order chi connectivity index (χ0) is 24.6. The number of nitriles is 1. The van der Waals surface area contributed by atoms with Gasteiger partial charge in [-0.3, -0.25) is 9.36 Å². The Morgan fingerprint density at radius 1 is 1.03 bits per heavy atom. The summed E-state index contributed by atoms with van der Waals surface area (Å²) in [6, 6.07) is 25.9. The Morgan fingerprint density at radius 2 is 1.71 bits per heavy atom. The predicted octanol–water partition coefficient (Wildman–Crippen LogP) is 5.02. The second kappa shape index (κ2) is 11.2. The molecule has 0 fully saturated rings. The Balaban J connectivity index is 1.53. The van der Waals surface area contributed by atoms with Crippen LogP contribution in [0.2, 0.25) is 0 Å². The van der Waals surface area contributed by atoms with Crippen LogP contribution in [-0.2, 0) is 4.79 Å². The maximum atomic E-state index is 12.6. The fraction of sp³-hybridized carbons (Fsp3) is 0.154. The van der Waals surface area contributed by atoms with Crippen molar-refractivity contribution in [3.63, 3.8) is 0 Å². The second-order valence-electron chi connectivity index (χ2n) is 7.44. The maximum Gasteiger partial charge on any atom is 0.234 e. The molecule has 0 aliphatic heterocycles. The summed E-state index contributed by atoms with van der Waals surface area (Å²) < 4.78 is 13.2. The van der Waals surface area contributed by atoms with Crippen LogP contribution in [0.5, 0.6) is 11.5 Å². The van der Waals surface area contributed by atoms with Crippen LogP contribution in [0.4, 0.5) is 5.69 Å². The molecule has 8 nitrogen and oxygen atoms in total. The van der Waals surface area contributed by atoms with Crippen LogP contribution >= 0.6 is 11.8 Å². The summed E-state index contributed by atoms with van der Waals surface area (Å²) in [5.41, 5.74) is 1.74. The molecule has 1 aromatic heterocycles. The minimum atomic E-state index is -0.415. The van der Waals surface area contributed by atoms with Gasteiger partial charge in [0, 0.05) is 5.69 Å². The molecule has 1 amide bonds. The van der Waals surface area contributed by atoms with Crippen LogP contribution in [0.15, 0.2) is 84.0 Å². The minimum Gasteiger partial charge on any atom is -0.497 e. The van der Waals surface area contributed by atoms with E-state index >= 15 is 0 Å². The summed E-state index contributed by atoms with van der Waals surface area (Å²) in [4.78, 5) is 12.6. The Kier molecular flexibility index (Phi) is 7.65. The number of nitrogens with zero attached hydrogens (tertiary/aromatic N) is 4. The zero-order valence-corrected chi connectivity index (χ0v) is 20.0. The van der Waals surface area contributed by atoms with Crippen molar-refractivity contribution in [3.05, 3.63) is 90.3 Å². The molecule has 0 aliphatic carbocycles. The highest BCUT2D eigenvalue weighted by Crippen LogP contribution is 2.28. The number of benzene rings is 3. The van der Waals surface area contributed by atoms with E-state index in [4.69, 9.17) is 9.47 Å². The molecule has 4 aromatic rings. The van der Waals surface area contributed by atoms with Gasteiger partial charge in [-0.1, -0.05) is 42.1 Å². The largest absolute Gasteiger partial charge is 0.497 e. The first-order valence-corrected chi connectivity index (χ1v) is 11.8. The van der Waals surface area contributed by atoms with Gasteiger partial charge in [-0.15, -0.1) is 10.2 Å². The van der Waals surface area contributed by atoms with Crippen LogP contribution in [-0.4, -0.2) is 33.5 Å². The lowest BCUT2D eigenvalue weighted by Crippen LogP contribution is -2.16. The Morgan fingerprint density at radius 3 is 2.43 bits per heavy atom. The van der Waals surface area contributed by atoms with E-state index in [9.17, 15) is 10.1 Å². The van der Waals surface area contributed by atoms with Crippen molar-refractivity contribution in [1.29, 1.82) is 5.26 Å². The molecule has 1 heterocycles. The zero-order valence-electron chi connectivity index (χ0n) is 19.2. The van der Waals surface area contributed by atoms with E-state index in [0.29, 0.717) is 28.0 Å². The monoisotopic (exact) mass is 485 g/mol. The number of anilines is 1. The van der Waals surface area contributed by atoms with Gasteiger partial charge in [-0.05, 0) is 55.5 Å². The summed E-state index contributed by atoms with van der Waals surface area (Å²) in [6.45, 7) is 1.90. The number of para-hydroxylation sites is 2. The standard InChI is InChI=1S/C26H23N5O3S/c1-18(34-22-14-12-21(33-2)13-15-22)25-29-30-26(31(25)20-9-4-3-5-10-20)35-17-24(32)28-23-11-7-6-8-19(23)16-27/h3-15,18H,17H2,1-2H3,(H,28,32). The lowest BCUT2D eigenvalue weighted by atomic mass is 10.2. The van der Waals surface area contributed by atoms with Gasteiger partial charge in [-0.25, -0.2) is 0 Å². The average molecular weight is 486 g/mol. The molecular weight excluding hydrogens is 462 g/mol. The van der Waals surface area contributed by atoms with Crippen molar-refractivity contribution in [2.75, 3.05) is 18.2 Å². The van der Waals surface area contributed by atoms with Crippen molar-refractivity contribution in [3.8, 4) is 23.3 Å². The van der Waals surface area contributed by atoms with Crippen LogP contribution in [0.25, 0.3) is 5.69 Å². The molecule has 9 heteroatoms. The maximum absolute atomic E-state index is 12.6. The van der Waals surface area contributed by atoms with Gasteiger partial charge in [-0.2, -0.15) is 5.26 Å². The lowest BCUT2D eigenvalue weighted by molar-refractivity contribution is -0.113. The van der Waals surface area contributed by atoms with E-state index in [1.54, 1.807) is 31.4 Å². The normalized spacial score (nSPS) is 11.3. The third-order valence-electron chi connectivity index (χ3n) is 5.06. The SMILES string of the molecule is COc1ccc(OC(C)c2nnc(SCC(=O)Nc3ccccc3C#N)n2-c2ccccc2)cc1. The highest BCUT2D eigenvalue weighted by atomic mass is 32.2. The van der Waals surface area contributed by atoms with Crippen molar-refractivity contribution >= 4 is 23.4 Å². The van der Waals surface area contributed by atoms with E-state index < -0.39 is 6.10 Å². The number of thioether (sulfide) groups is 1. The summed E-state index contributed by atoms with van der Waals surface area (Å²) in [5.74, 6) is 1.87. The molecule has 0 aliphatic rings. The van der Waals surface area contributed by atoms with Gasteiger partial charge in [0.2, 0.25) is 5.91 Å². The van der Waals surface area contributed by atoms with Crippen molar-refractivity contribution in [1.82, 2.24) is 14.8 Å². The van der Waals surface area contributed by atoms with Crippen LogP contribution < -0.4 is 14.8 Å². The van der Waals surface area contributed by atoms with Crippen LogP contribution in [0.3, 0.4) is 0 Å². The molecule has 1 N–H and O–H groups in total. The summed E-state index contributed by atoms with van der Waals surface area (Å²) in [6.07, 6.45) is -0.415. The number of hydrogen-bond acceptors (Lipinski definition) is 7. The van der Waals surface area contributed by atoms with E-state index in [1.165, 1.54) is 11.8 Å². The molecule has 35 heavy (non-hydrogen) atoms. The molecule has 0 bridgehead atoms. The Bertz CT molecular complexity index is 1330. The van der Waals surface area contributed by atoms with Crippen LogP contribution in [0.1, 0.15) is 24.4 Å². The molecular formula is C26H23N5O3S. The number of nitrogens with one attached hydrogen (secondary N) is 1. The molecule has 176 valence electrons. The number of carbonyl (C=O) groups excluding carboxylic acids is 1. The average Bonchev–Trinajstić information content (AvgIpc) is 3.33. The van der Waals surface area contributed by atoms with Crippen molar-refractivity contribution in [2.45, 2.75) is 18.2 Å². The summed E-state index contributed by atoms with van der Waals surface area (Å²) in [5, 5.41) is 21.3. The van der Waals surface area contributed by atoms with Crippen molar-refractivity contribution < 1.29 is 14.3 Å². The predicted molar refractivity (Wildman–Crippen MR) is 134 cm³/mol. The van der Waals surface area contributed by atoms with Gasteiger partial charge in [0.05, 0.1) is 24.1 Å². The Labute approximate surface area is 207 Å². The van der Waals surface area contributed by atoms with Gasteiger partial charge in [0.15, 0.2) is 17.1 Å². The molecule has 0 spiro atoms. The first kappa shape index (κ1) is 23.9. The minimum absolute atomic E-state index is 0.0957. The van der Waals surface area contributed by atoms with E-state index in [2.05, 4.69) is 21.6 Å². The number of aromatic nitrogens is 3. The highest BCUT2D eigenvalue weighted by Gasteiger charge is 2.22. The Hall–Kier alpha value is -4.29. The van der Waals surface area contributed by atoms with E-state index in [-0.39, 0.29) is 11.7 Å². The van der Waals surface area contributed by atoms with E-state index in [0.717, 1.165) is 11.4 Å². The number of methoxy groups -OCH3 is 1.